The average molecular weight is 765 g/mol. The minimum Gasteiger partial charge on any atom is -0.462 e. The monoisotopic (exact) mass is 765 g/mol. The molecule has 6 nitrogen and oxygen atoms in total. The van der Waals surface area contributed by atoms with Crippen molar-refractivity contribution in [2.24, 2.45) is 11.8 Å². The molecule has 0 aliphatic rings. The molecule has 54 heavy (non-hydrogen) atoms. The summed E-state index contributed by atoms with van der Waals surface area (Å²) in [4.78, 5) is 37.7. The van der Waals surface area contributed by atoms with Gasteiger partial charge in [0.15, 0.2) is 6.10 Å². The Morgan fingerprint density at radius 1 is 0.352 bits per heavy atom. The van der Waals surface area contributed by atoms with E-state index in [0.717, 1.165) is 69.6 Å². The molecule has 0 amide bonds. The van der Waals surface area contributed by atoms with Crippen LogP contribution in [0.25, 0.3) is 0 Å². The van der Waals surface area contributed by atoms with Gasteiger partial charge < -0.3 is 14.2 Å². The molecule has 0 N–H and O–H groups in total. The van der Waals surface area contributed by atoms with Crippen LogP contribution in [0, 0.1) is 11.8 Å². The van der Waals surface area contributed by atoms with Crippen LogP contribution in [0.3, 0.4) is 0 Å². The van der Waals surface area contributed by atoms with Crippen molar-refractivity contribution >= 4 is 17.9 Å². The lowest BCUT2D eigenvalue weighted by Gasteiger charge is -2.18. The largest absolute Gasteiger partial charge is 0.462 e. The number of rotatable bonds is 42. The van der Waals surface area contributed by atoms with Crippen molar-refractivity contribution in [2.75, 3.05) is 13.2 Å². The van der Waals surface area contributed by atoms with Gasteiger partial charge in [0.1, 0.15) is 13.2 Å². The summed E-state index contributed by atoms with van der Waals surface area (Å²) in [5.41, 5.74) is 0. The minimum absolute atomic E-state index is 0.0649. The smallest absolute Gasteiger partial charge is 0.306 e. The van der Waals surface area contributed by atoms with Crippen LogP contribution >= 0.6 is 0 Å². The maximum Gasteiger partial charge on any atom is 0.306 e. The SMILES string of the molecule is CCCCCCCCCCCCCCC(=O)O[C@H](COC(=O)CCCCCCCCCCCCCC(C)C)COC(=O)CCCCCCCCCC(C)C. The van der Waals surface area contributed by atoms with Gasteiger partial charge in [-0.3, -0.25) is 14.4 Å². The summed E-state index contributed by atoms with van der Waals surface area (Å²) in [5, 5.41) is 0. The number of esters is 3. The molecule has 0 aromatic heterocycles. The summed E-state index contributed by atoms with van der Waals surface area (Å²) in [6.45, 7) is 11.3. The first-order chi connectivity index (χ1) is 26.2. The number of hydrogen-bond acceptors (Lipinski definition) is 6. The van der Waals surface area contributed by atoms with Gasteiger partial charge in [-0.1, -0.05) is 221 Å². The number of carbonyl (C=O) groups excluding carboxylic acids is 3. The predicted molar refractivity (Wildman–Crippen MR) is 229 cm³/mol. The van der Waals surface area contributed by atoms with Crippen LogP contribution in [0.1, 0.15) is 259 Å². The first-order valence-corrected chi connectivity index (χ1v) is 23.7. The van der Waals surface area contributed by atoms with Gasteiger partial charge >= 0.3 is 17.9 Å². The molecule has 0 radical (unpaired) electrons. The zero-order valence-corrected chi connectivity index (χ0v) is 36.8. The molecule has 0 aromatic carbocycles. The second-order valence-electron chi connectivity index (χ2n) is 17.3. The van der Waals surface area contributed by atoms with Crippen molar-refractivity contribution in [1.82, 2.24) is 0 Å². The van der Waals surface area contributed by atoms with Crippen LogP contribution in [-0.2, 0) is 28.6 Å². The van der Waals surface area contributed by atoms with Crippen molar-refractivity contribution in [3.8, 4) is 0 Å². The van der Waals surface area contributed by atoms with Gasteiger partial charge in [0, 0.05) is 19.3 Å². The summed E-state index contributed by atoms with van der Waals surface area (Å²) in [6, 6.07) is 0. The predicted octanol–water partition coefficient (Wildman–Crippen LogP) is 15.0. The van der Waals surface area contributed by atoms with Crippen molar-refractivity contribution < 1.29 is 28.6 Å². The third-order valence-electron chi connectivity index (χ3n) is 10.7. The summed E-state index contributed by atoms with van der Waals surface area (Å²) in [7, 11) is 0. The van der Waals surface area contributed by atoms with E-state index in [9.17, 15) is 14.4 Å². The van der Waals surface area contributed by atoms with Gasteiger partial charge in [-0.25, -0.2) is 0 Å². The molecule has 0 rings (SSSR count). The van der Waals surface area contributed by atoms with E-state index in [1.54, 1.807) is 0 Å². The molecular weight excluding hydrogens is 673 g/mol. The molecule has 0 fully saturated rings. The highest BCUT2D eigenvalue weighted by molar-refractivity contribution is 5.71. The van der Waals surface area contributed by atoms with E-state index in [-0.39, 0.29) is 31.1 Å². The molecule has 1 atom stereocenters. The Morgan fingerprint density at radius 2 is 0.611 bits per heavy atom. The highest BCUT2D eigenvalue weighted by Gasteiger charge is 2.19. The van der Waals surface area contributed by atoms with Crippen LogP contribution in [0.4, 0.5) is 0 Å². The Bertz CT molecular complexity index is 824. The fourth-order valence-electron chi connectivity index (χ4n) is 7.11. The van der Waals surface area contributed by atoms with Crippen LogP contribution in [0.2, 0.25) is 0 Å². The van der Waals surface area contributed by atoms with Gasteiger partial charge in [0.25, 0.3) is 0 Å². The van der Waals surface area contributed by atoms with Crippen LogP contribution < -0.4 is 0 Å². The number of unbranched alkanes of at least 4 members (excludes halogenated alkanes) is 27. The lowest BCUT2D eigenvalue weighted by Crippen LogP contribution is -2.30. The van der Waals surface area contributed by atoms with Crippen LogP contribution in [0.5, 0.6) is 0 Å². The molecule has 0 aliphatic heterocycles. The fourth-order valence-corrected chi connectivity index (χ4v) is 7.11. The van der Waals surface area contributed by atoms with Crippen molar-refractivity contribution in [3.05, 3.63) is 0 Å². The van der Waals surface area contributed by atoms with E-state index in [2.05, 4.69) is 34.6 Å². The molecule has 0 bridgehead atoms. The second-order valence-corrected chi connectivity index (χ2v) is 17.3. The third kappa shape index (κ3) is 41.6. The molecule has 0 heterocycles. The standard InChI is InChI=1S/C48H92O6/c1-6-7-8-9-10-11-12-15-19-24-30-35-40-48(51)54-45(42-53-47(50)39-34-29-25-20-22-27-32-37-44(4)5)41-52-46(49)38-33-28-23-18-16-13-14-17-21-26-31-36-43(2)3/h43-45H,6-42H2,1-5H3/t45-/m1/s1. The highest BCUT2D eigenvalue weighted by Crippen LogP contribution is 2.17. The summed E-state index contributed by atoms with van der Waals surface area (Å²) in [5.74, 6) is 0.751. The third-order valence-corrected chi connectivity index (χ3v) is 10.7. The van der Waals surface area contributed by atoms with Crippen molar-refractivity contribution in [3.63, 3.8) is 0 Å². The number of carbonyl (C=O) groups is 3. The molecule has 0 spiro atoms. The maximum absolute atomic E-state index is 12.7. The van der Waals surface area contributed by atoms with E-state index in [1.807, 2.05) is 0 Å². The highest BCUT2D eigenvalue weighted by atomic mass is 16.6. The molecule has 0 saturated carbocycles. The van der Waals surface area contributed by atoms with Crippen LogP contribution in [-0.4, -0.2) is 37.2 Å². The average Bonchev–Trinajstić information content (AvgIpc) is 3.14. The van der Waals surface area contributed by atoms with Gasteiger partial charge in [-0.05, 0) is 31.1 Å². The maximum atomic E-state index is 12.7. The summed E-state index contributed by atoms with van der Waals surface area (Å²) >= 11 is 0. The zero-order chi connectivity index (χ0) is 39.7. The normalized spacial score (nSPS) is 12.1. The Labute approximate surface area is 336 Å². The van der Waals surface area contributed by atoms with Crippen molar-refractivity contribution in [2.45, 2.75) is 265 Å². The summed E-state index contributed by atoms with van der Waals surface area (Å²) < 4.78 is 16.7. The summed E-state index contributed by atoms with van der Waals surface area (Å²) in [6.07, 6.45) is 39.5. The lowest BCUT2D eigenvalue weighted by atomic mass is 10.0. The first kappa shape index (κ1) is 52.4. The van der Waals surface area contributed by atoms with Gasteiger partial charge in [-0.2, -0.15) is 0 Å². The zero-order valence-electron chi connectivity index (χ0n) is 36.8. The topological polar surface area (TPSA) is 78.9 Å². The number of ether oxygens (including phenoxy) is 3. The molecule has 0 aromatic rings. The van der Waals surface area contributed by atoms with Crippen molar-refractivity contribution in [1.29, 1.82) is 0 Å². The lowest BCUT2D eigenvalue weighted by molar-refractivity contribution is -0.167. The second kappa shape index (κ2) is 41.1. The Kier molecular flexibility index (Phi) is 39.8. The van der Waals surface area contributed by atoms with Gasteiger partial charge in [-0.15, -0.1) is 0 Å². The quantitative estimate of drug-likeness (QED) is 0.0350. The molecule has 6 heteroatoms. The van der Waals surface area contributed by atoms with E-state index in [1.165, 1.54) is 148 Å². The fraction of sp³-hybridized carbons (Fsp3) is 0.938. The molecule has 0 unspecified atom stereocenters. The molecule has 0 saturated heterocycles. The van der Waals surface area contributed by atoms with E-state index >= 15 is 0 Å². The first-order valence-electron chi connectivity index (χ1n) is 23.7. The molecular formula is C48H92O6. The Hall–Kier alpha value is -1.59. The Morgan fingerprint density at radius 3 is 0.907 bits per heavy atom. The minimum atomic E-state index is -0.760. The van der Waals surface area contributed by atoms with Gasteiger partial charge in [0.2, 0.25) is 0 Å². The Balaban J connectivity index is 4.32. The molecule has 0 aliphatic carbocycles. The molecule has 320 valence electrons. The van der Waals surface area contributed by atoms with Gasteiger partial charge in [0.05, 0.1) is 0 Å². The van der Waals surface area contributed by atoms with E-state index < -0.39 is 6.10 Å². The van der Waals surface area contributed by atoms with E-state index in [4.69, 9.17) is 14.2 Å². The number of hydrogen-bond donors (Lipinski definition) is 0. The van der Waals surface area contributed by atoms with E-state index in [0.29, 0.717) is 19.3 Å². The van der Waals surface area contributed by atoms with Crippen LogP contribution in [0.15, 0.2) is 0 Å².